The quantitative estimate of drug-likeness (QED) is 0.809. The Kier molecular flexibility index (Phi) is 3.21. The first-order chi connectivity index (χ1) is 7.46. The van der Waals surface area contributed by atoms with Gasteiger partial charge in [0.05, 0.1) is 0 Å². The van der Waals surface area contributed by atoms with Crippen molar-refractivity contribution >= 4 is 29.0 Å². The predicted octanol–water partition coefficient (Wildman–Crippen LogP) is 1.60. The van der Waals surface area contributed by atoms with Crippen molar-refractivity contribution in [1.82, 2.24) is 0 Å². The molecule has 0 aliphatic heterocycles. The summed E-state index contributed by atoms with van der Waals surface area (Å²) >= 11 is -0.826. The van der Waals surface area contributed by atoms with Crippen LogP contribution in [0.5, 0.6) is 0 Å². The van der Waals surface area contributed by atoms with E-state index in [4.69, 9.17) is 0 Å². The van der Waals surface area contributed by atoms with Crippen LogP contribution in [0, 0.1) is 0 Å². The molecule has 0 spiro atoms. The van der Waals surface area contributed by atoms with E-state index in [2.05, 4.69) is 0 Å². The first kappa shape index (κ1) is 12.2. The minimum atomic E-state index is -4.65. The maximum atomic E-state index is 13.0. The molecule has 0 saturated heterocycles. The minimum absolute atomic E-state index is 0.0734. The normalized spacial score (nSPS) is 13.0. The van der Waals surface area contributed by atoms with E-state index in [0.29, 0.717) is 0 Å². The number of hydrogen-bond acceptors (Lipinski definition) is 1. The standard InChI is InChI=1S/C10H7F3OSe2/c11-10(12,13)9(14,7-3-1-5-15-7)8-4-2-6-16-8/h1-6,14H. The van der Waals surface area contributed by atoms with Gasteiger partial charge in [-0.05, 0) is 0 Å². The molecule has 2 heterocycles. The Bertz CT molecular complexity index is 411. The topological polar surface area (TPSA) is 20.2 Å². The molecule has 2 rings (SSSR count). The van der Waals surface area contributed by atoms with E-state index < -0.39 is 40.8 Å². The molecule has 0 bridgehead atoms. The van der Waals surface area contributed by atoms with Crippen molar-refractivity contribution < 1.29 is 18.3 Å². The summed E-state index contributed by atoms with van der Waals surface area (Å²) in [5.74, 6) is 0. The van der Waals surface area contributed by atoms with Crippen molar-refractivity contribution in [2.24, 2.45) is 0 Å². The molecule has 0 aliphatic rings. The monoisotopic (exact) mass is 360 g/mol. The molecule has 0 unspecified atom stereocenters. The number of halogens is 3. The third kappa shape index (κ3) is 1.85. The summed E-state index contributed by atoms with van der Waals surface area (Å²) in [6.07, 6.45) is -4.65. The summed E-state index contributed by atoms with van der Waals surface area (Å²) in [6, 6.07) is 5.90. The van der Waals surface area contributed by atoms with Crippen molar-refractivity contribution in [1.29, 1.82) is 0 Å². The summed E-state index contributed by atoms with van der Waals surface area (Å²) < 4.78 is 39.3. The molecule has 0 amide bonds. The first-order valence-corrected chi connectivity index (χ1v) is 8.02. The molecule has 16 heavy (non-hydrogen) atoms. The summed E-state index contributed by atoms with van der Waals surface area (Å²) in [4.78, 5) is 3.35. The van der Waals surface area contributed by atoms with Gasteiger partial charge >= 0.3 is 102 Å². The van der Waals surface area contributed by atoms with Crippen LogP contribution in [0.1, 0.15) is 8.87 Å². The zero-order valence-electron chi connectivity index (χ0n) is 7.86. The molecule has 0 fully saturated rings. The van der Waals surface area contributed by atoms with Gasteiger partial charge in [-0.15, -0.1) is 0 Å². The van der Waals surface area contributed by atoms with Crippen LogP contribution >= 0.6 is 0 Å². The summed E-state index contributed by atoms with van der Waals surface area (Å²) in [5, 5.41) is 10.0. The van der Waals surface area contributed by atoms with Crippen LogP contribution in [0.4, 0.5) is 13.2 Å². The van der Waals surface area contributed by atoms with Gasteiger partial charge < -0.3 is 0 Å². The molecule has 1 nitrogen and oxygen atoms in total. The zero-order valence-corrected chi connectivity index (χ0v) is 11.3. The van der Waals surface area contributed by atoms with Crippen molar-refractivity contribution in [3.05, 3.63) is 43.0 Å². The van der Waals surface area contributed by atoms with E-state index in [1.807, 2.05) is 0 Å². The van der Waals surface area contributed by atoms with Crippen LogP contribution < -0.4 is 0 Å². The van der Waals surface area contributed by atoms with E-state index >= 15 is 0 Å². The van der Waals surface area contributed by atoms with Crippen LogP contribution in [0.2, 0.25) is 0 Å². The van der Waals surface area contributed by atoms with Crippen molar-refractivity contribution in [3.63, 3.8) is 0 Å². The van der Waals surface area contributed by atoms with E-state index in [1.165, 1.54) is 12.1 Å². The number of alkyl halides is 3. The zero-order chi connectivity index (χ0) is 11.8. The van der Waals surface area contributed by atoms with E-state index in [0.717, 1.165) is 0 Å². The Labute approximate surface area is 102 Å². The van der Waals surface area contributed by atoms with Crippen molar-refractivity contribution in [3.8, 4) is 0 Å². The molecule has 0 saturated carbocycles. The van der Waals surface area contributed by atoms with Crippen LogP contribution in [-0.4, -0.2) is 40.3 Å². The SMILES string of the molecule is OC(c1ccc[se]1)(c1ccc[se]1)C(F)(F)F. The summed E-state index contributed by atoms with van der Waals surface area (Å²) in [6.45, 7) is 0. The molecule has 86 valence electrons. The molecule has 2 aromatic rings. The first-order valence-electron chi connectivity index (χ1n) is 4.33. The molecule has 0 aromatic carbocycles. The van der Waals surface area contributed by atoms with E-state index in [9.17, 15) is 18.3 Å². The fraction of sp³-hybridized carbons (Fsp3) is 0.200. The van der Waals surface area contributed by atoms with Gasteiger partial charge in [-0.1, -0.05) is 0 Å². The fourth-order valence-corrected chi connectivity index (χ4v) is 5.29. The van der Waals surface area contributed by atoms with Crippen molar-refractivity contribution in [2.45, 2.75) is 11.8 Å². The van der Waals surface area contributed by atoms with Gasteiger partial charge in [0.1, 0.15) is 0 Å². The molecular formula is C10H7F3OSe2. The maximum absolute atomic E-state index is 13.0. The summed E-state index contributed by atoms with van der Waals surface area (Å²) in [5.41, 5.74) is -2.75. The molecule has 0 aliphatic carbocycles. The average Bonchev–Trinajstić information content (AvgIpc) is 2.88. The average molecular weight is 358 g/mol. The van der Waals surface area contributed by atoms with Gasteiger partial charge in [0.15, 0.2) is 0 Å². The van der Waals surface area contributed by atoms with Crippen LogP contribution in [-0.2, 0) is 5.60 Å². The van der Waals surface area contributed by atoms with Crippen molar-refractivity contribution in [2.75, 3.05) is 0 Å². The fourth-order valence-electron chi connectivity index (χ4n) is 1.37. The summed E-state index contributed by atoms with van der Waals surface area (Å²) in [7, 11) is 0. The van der Waals surface area contributed by atoms with Gasteiger partial charge in [0, 0.05) is 0 Å². The van der Waals surface area contributed by atoms with Gasteiger partial charge in [0.2, 0.25) is 0 Å². The number of hydrogen-bond donors (Lipinski definition) is 1. The molecule has 6 heteroatoms. The van der Waals surface area contributed by atoms with Crippen LogP contribution in [0.3, 0.4) is 0 Å². The van der Waals surface area contributed by atoms with Gasteiger partial charge in [0.25, 0.3) is 0 Å². The predicted molar refractivity (Wildman–Crippen MR) is 55.8 cm³/mol. The Hall–Kier alpha value is -0.251. The van der Waals surface area contributed by atoms with Gasteiger partial charge in [-0.2, -0.15) is 0 Å². The third-order valence-corrected chi connectivity index (χ3v) is 6.27. The molecule has 0 radical (unpaired) electrons. The van der Waals surface area contributed by atoms with Gasteiger partial charge in [-0.3, -0.25) is 0 Å². The van der Waals surface area contributed by atoms with E-state index in [1.54, 1.807) is 22.0 Å². The van der Waals surface area contributed by atoms with Crippen LogP contribution in [0.25, 0.3) is 0 Å². The van der Waals surface area contributed by atoms with Crippen LogP contribution in [0.15, 0.2) is 34.1 Å². The molecule has 2 aromatic heterocycles. The van der Waals surface area contributed by atoms with E-state index in [-0.39, 0.29) is 8.87 Å². The second-order valence-corrected chi connectivity index (χ2v) is 7.14. The second kappa shape index (κ2) is 4.21. The number of rotatable bonds is 2. The van der Waals surface area contributed by atoms with Gasteiger partial charge in [-0.25, -0.2) is 0 Å². The molecular weight excluding hydrogens is 351 g/mol. The Morgan fingerprint density at radius 3 is 1.62 bits per heavy atom. The molecule has 1 N–H and O–H groups in total. The third-order valence-electron chi connectivity index (χ3n) is 2.17. The molecule has 0 atom stereocenters. The Balaban J connectivity index is 2.59. The number of aliphatic hydroxyl groups is 1. The Morgan fingerprint density at radius 2 is 1.38 bits per heavy atom. The second-order valence-electron chi connectivity index (χ2n) is 3.16. The Morgan fingerprint density at radius 1 is 0.938 bits per heavy atom.